The van der Waals surface area contributed by atoms with Crippen LogP contribution in [0.1, 0.15) is 57.6 Å². The molecule has 0 bridgehead atoms. The topological polar surface area (TPSA) is 80.4 Å². The van der Waals surface area contributed by atoms with Gasteiger partial charge in [-0.2, -0.15) is 5.10 Å². The summed E-state index contributed by atoms with van der Waals surface area (Å²) >= 11 is 0. The van der Waals surface area contributed by atoms with Gasteiger partial charge < -0.3 is 14.6 Å². The molecule has 0 atom stereocenters. The van der Waals surface area contributed by atoms with E-state index in [2.05, 4.69) is 24.4 Å². The van der Waals surface area contributed by atoms with E-state index >= 15 is 0 Å². The van der Waals surface area contributed by atoms with Gasteiger partial charge in [0.1, 0.15) is 11.5 Å². The summed E-state index contributed by atoms with van der Waals surface area (Å²) in [7, 11) is 0. The predicted octanol–water partition coefficient (Wildman–Crippen LogP) is 5.35. The molecule has 37 heavy (non-hydrogen) atoms. The van der Waals surface area contributed by atoms with Crippen LogP contribution in [-0.2, 0) is 6.42 Å². The third-order valence-electron chi connectivity index (χ3n) is 7.02. The Hall–Kier alpha value is -4.13. The average Bonchev–Trinajstić information content (AvgIpc) is 3.56. The monoisotopic (exact) mass is 496 g/mol. The summed E-state index contributed by atoms with van der Waals surface area (Å²) in [5.74, 6) is 0.770. The van der Waals surface area contributed by atoms with Gasteiger partial charge in [0.25, 0.3) is 11.8 Å². The van der Waals surface area contributed by atoms with Gasteiger partial charge in [0.15, 0.2) is 5.76 Å². The number of amides is 2. The molecule has 1 saturated heterocycles. The van der Waals surface area contributed by atoms with Gasteiger partial charge in [0, 0.05) is 30.9 Å². The van der Waals surface area contributed by atoms with Crippen molar-refractivity contribution in [1.82, 2.24) is 20.0 Å². The molecule has 0 unspecified atom stereocenters. The zero-order chi connectivity index (χ0) is 25.9. The summed E-state index contributed by atoms with van der Waals surface area (Å²) in [4.78, 5) is 28.1. The molecule has 7 nitrogen and oxygen atoms in total. The van der Waals surface area contributed by atoms with Gasteiger partial charge in [-0.15, -0.1) is 0 Å². The molecule has 1 N–H and O–H groups in total. The molecule has 2 amide bonds. The standard InChI is InChI=1S/C30H32N4O3/c1-4-22-10-12-23(13-11-22)28-25(19-34(32-28)26-8-6-5-7-20(26)2)30(36)33-17-15-24(16-18-33)31-29(35)27-14-9-21(3)37-27/h5-14,19,24H,4,15-18H2,1-3H3,(H,31,35). The number of nitrogens with zero attached hydrogens (tertiary/aromatic N) is 3. The number of hydrogen-bond acceptors (Lipinski definition) is 4. The Morgan fingerprint density at radius 1 is 1.00 bits per heavy atom. The number of para-hydroxylation sites is 1. The van der Waals surface area contributed by atoms with Gasteiger partial charge in [-0.3, -0.25) is 9.59 Å². The van der Waals surface area contributed by atoms with Crippen LogP contribution in [0.25, 0.3) is 16.9 Å². The largest absolute Gasteiger partial charge is 0.456 e. The minimum atomic E-state index is -0.213. The normalized spacial score (nSPS) is 14.1. The smallest absolute Gasteiger partial charge is 0.287 e. The zero-order valence-corrected chi connectivity index (χ0v) is 21.5. The van der Waals surface area contributed by atoms with E-state index in [1.54, 1.807) is 12.1 Å². The summed E-state index contributed by atoms with van der Waals surface area (Å²) in [6.07, 6.45) is 4.17. The van der Waals surface area contributed by atoms with Crippen molar-refractivity contribution in [2.45, 2.75) is 46.1 Å². The Labute approximate surface area is 217 Å². The Morgan fingerprint density at radius 3 is 2.38 bits per heavy atom. The van der Waals surface area contributed by atoms with Crippen LogP contribution >= 0.6 is 0 Å². The van der Waals surface area contributed by atoms with Crippen LogP contribution in [0, 0.1) is 13.8 Å². The first-order chi connectivity index (χ1) is 17.9. The number of furan rings is 1. The molecule has 7 heteroatoms. The summed E-state index contributed by atoms with van der Waals surface area (Å²) < 4.78 is 7.24. The highest BCUT2D eigenvalue weighted by Gasteiger charge is 2.28. The molecule has 1 aliphatic heterocycles. The zero-order valence-electron chi connectivity index (χ0n) is 21.5. The highest BCUT2D eigenvalue weighted by molar-refractivity contribution is 6.00. The predicted molar refractivity (Wildman–Crippen MR) is 143 cm³/mol. The second-order valence-electron chi connectivity index (χ2n) is 9.62. The minimum Gasteiger partial charge on any atom is -0.456 e. The number of benzene rings is 2. The SMILES string of the molecule is CCc1ccc(-c2nn(-c3ccccc3C)cc2C(=O)N2CCC(NC(=O)c3ccc(C)o3)CC2)cc1. The molecule has 0 radical (unpaired) electrons. The molecule has 2 aromatic heterocycles. The summed E-state index contributed by atoms with van der Waals surface area (Å²) in [6, 6.07) is 19.7. The third-order valence-corrected chi connectivity index (χ3v) is 7.02. The van der Waals surface area contributed by atoms with E-state index in [4.69, 9.17) is 9.52 Å². The maximum absolute atomic E-state index is 13.8. The van der Waals surface area contributed by atoms with Crippen molar-refractivity contribution in [3.05, 3.63) is 95.1 Å². The lowest BCUT2D eigenvalue weighted by atomic mass is 10.0. The van der Waals surface area contributed by atoms with E-state index in [9.17, 15) is 9.59 Å². The number of nitrogens with one attached hydrogen (secondary N) is 1. The van der Waals surface area contributed by atoms with Crippen LogP contribution in [0.4, 0.5) is 0 Å². The molecule has 0 aliphatic carbocycles. The Morgan fingerprint density at radius 2 is 1.73 bits per heavy atom. The third kappa shape index (κ3) is 5.21. The van der Waals surface area contributed by atoms with Gasteiger partial charge in [0.05, 0.1) is 11.3 Å². The number of hydrogen-bond donors (Lipinski definition) is 1. The van der Waals surface area contributed by atoms with Crippen molar-refractivity contribution >= 4 is 11.8 Å². The first-order valence-corrected chi connectivity index (χ1v) is 12.8. The van der Waals surface area contributed by atoms with Gasteiger partial charge in [-0.05, 0) is 62.4 Å². The van der Waals surface area contributed by atoms with E-state index in [0.717, 1.165) is 23.2 Å². The average molecular weight is 497 g/mol. The van der Waals surface area contributed by atoms with Crippen LogP contribution in [0.5, 0.6) is 0 Å². The second kappa shape index (κ2) is 10.5. The molecule has 5 rings (SSSR count). The molecule has 1 aliphatic rings. The van der Waals surface area contributed by atoms with E-state index in [0.29, 0.717) is 48.7 Å². The van der Waals surface area contributed by atoms with Crippen molar-refractivity contribution < 1.29 is 14.0 Å². The Bertz CT molecular complexity index is 1410. The van der Waals surface area contributed by atoms with E-state index < -0.39 is 0 Å². The van der Waals surface area contributed by atoms with E-state index in [1.165, 1.54) is 5.56 Å². The van der Waals surface area contributed by atoms with Crippen LogP contribution in [-0.4, -0.2) is 45.6 Å². The minimum absolute atomic E-state index is 0.00212. The van der Waals surface area contributed by atoms with Crippen molar-refractivity contribution in [3.8, 4) is 16.9 Å². The van der Waals surface area contributed by atoms with Gasteiger partial charge in [-0.1, -0.05) is 49.4 Å². The maximum atomic E-state index is 13.8. The second-order valence-corrected chi connectivity index (χ2v) is 9.62. The lowest BCUT2D eigenvalue weighted by Crippen LogP contribution is -2.46. The number of carbonyl (C=O) groups excluding carboxylic acids is 2. The first-order valence-electron chi connectivity index (χ1n) is 12.8. The molecule has 3 heterocycles. The first kappa shape index (κ1) is 24.6. The molecule has 4 aromatic rings. The molecule has 0 saturated carbocycles. The number of aromatic nitrogens is 2. The number of piperidine rings is 1. The lowest BCUT2D eigenvalue weighted by Gasteiger charge is -2.32. The quantitative estimate of drug-likeness (QED) is 0.390. The number of aryl methyl sites for hydroxylation is 3. The van der Waals surface area contributed by atoms with E-state index in [-0.39, 0.29) is 17.9 Å². The number of carbonyl (C=O) groups is 2. The fourth-order valence-electron chi connectivity index (χ4n) is 4.80. The van der Waals surface area contributed by atoms with Crippen molar-refractivity contribution in [3.63, 3.8) is 0 Å². The molecule has 190 valence electrons. The molecular weight excluding hydrogens is 464 g/mol. The lowest BCUT2D eigenvalue weighted by molar-refractivity contribution is 0.0696. The van der Waals surface area contributed by atoms with Gasteiger partial charge in [-0.25, -0.2) is 4.68 Å². The fourth-order valence-corrected chi connectivity index (χ4v) is 4.80. The molecule has 2 aromatic carbocycles. The summed E-state index contributed by atoms with van der Waals surface area (Å²) in [5, 5.41) is 7.92. The van der Waals surface area contributed by atoms with Crippen molar-refractivity contribution in [2.75, 3.05) is 13.1 Å². The van der Waals surface area contributed by atoms with Gasteiger partial charge >= 0.3 is 0 Å². The molecular formula is C30H32N4O3. The van der Waals surface area contributed by atoms with Crippen LogP contribution < -0.4 is 5.32 Å². The van der Waals surface area contributed by atoms with Crippen LogP contribution in [0.2, 0.25) is 0 Å². The van der Waals surface area contributed by atoms with Crippen LogP contribution in [0.3, 0.4) is 0 Å². The maximum Gasteiger partial charge on any atom is 0.287 e. The summed E-state index contributed by atoms with van der Waals surface area (Å²) in [6.45, 7) is 7.10. The Balaban J connectivity index is 1.36. The fraction of sp³-hybridized carbons (Fsp3) is 0.300. The highest BCUT2D eigenvalue weighted by Crippen LogP contribution is 2.27. The molecule has 0 spiro atoms. The number of rotatable bonds is 6. The summed E-state index contributed by atoms with van der Waals surface area (Å²) in [5.41, 5.74) is 5.45. The van der Waals surface area contributed by atoms with Gasteiger partial charge in [0.2, 0.25) is 0 Å². The Kier molecular flexibility index (Phi) is 6.95. The van der Waals surface area contributed by atoms with E-state index in [1.807, 2.05) is 66.0 Å². The van der Waals surface area contributed by atoms with Crippen molar-refractivity contribution in [2.24, 2.45) is 0 Å². The highest BCUT2D eigenvalue weighted by atomic mass is 16.3. The van der Waals surface area contributed by atoms with Crippen molar-refractivity contribution in [1.29, 1.82) is 0 Å². The van der Waals surface area contributed by atoms with Crippen LogP contribution in [0.15, 0.2) is 71.3 Å². The molecule has 1 fully saturated rings. The number of likely N-dealkylation sites (tertiary alicyclic amines) is 1.